The Morgan fingerprint density at radius 2 is 2.10 bits per heavy atom. The van der Waals surface area contributed by atoms with Crippen molar-refractivity contribution in [1.82, 2.24) is 9.97 Å². The Labute approximate surface area is 118 Å². The lowest BCUT2D eigenvalue weighted by molar-refractivity contribution is 0.318. The van der Waals surface area contributed by atoms with Crippen LogP contribution in [0.5, 0.6) is 0 Å². The fraction of sp³-hybridized carbons (Fsp3) is 0.643. The van der Waals surface area contributed by atoms with E-state index in [1.54, 1.807) is 12.3 Å². The Bertz CT molecular complexity index is 498. The fourth-order valence-electron chi connectivity index (χ4n) is 3.55. The van der Waals surface area contributed by atoms with Crippen LogP contribution in [0.3, 0.4) is 0 Å². The molecule has 1 aliphatic carbocycles. The van der Waals surface area contributed by atoms with Gasteiger partial charge in [0.2, 0.25) is 5.95 Å². The molecule has 3 N–H and O–H groups in total. The van der Waals surface area contributed by atoms with Crippen molar-refractivity contribution in [3.63, 3.8) is 0 Å². The number of hydrogen-bond donors (Lipinski definition) is 2. The van der Waals surface area contributed by atoms with Gasteiger partial charge < -0.3 is 15.8 Å². The maximum atomic E-state index is 8.76. The third kappa shape index (κ3) is 2.42. The standard InChI is InChI=1S/C14H21N5O/c15-13(18-20)11-7-8-16-14(17-11)19-9-3-6-12(19)10-4-1-2-5-10/h7-8,10,12,20H,1-6,9H2,(H2,15,18). The van der Waals surface area contributed by atoms with Gasteiger partial charge in [0.1, 0.15) is 5.69 Å². The van der Waals surface area contributed by atoms with Gasteiger partial charge in [-0.3, -0.25) is 0 Å². The lowest BCUT2D eigenvalue weighted by atomic mass is 9.96. The number of oxime groups is 1. The Morgan fingerprint density at radius 3 is 2.85 bits per heavy atom. The molecule has 1 unspecified atom stereocenters. The maximum Gasteiger partial charge on any atom is 0.226 e. The predicted octanol–water partition coefficient (Wildman–Crippen LogP) is 1.73. The molecule has 6 heteroatoms. The molecule has 0 aromatic carbocycles. The minimum atomic E-state index is 0.0327. The topological polar surface area (TPSA) is 87.6 Å². The van der Waals surface area contributed by atoms with Gasteiger partial charge >= 0.3 is 0 Å². The molecular weight excluding hydrogens is 254 g/mol. The van der Waals surface area contributed by atoms with Gasteiger partial charge in [-0.15, -0.1) is 0 Å². The second kappa shape index (κ2) is 5.64. The summed E-state index contributed by atoms with van der Waals surface area (Å²) in [5, 5.41) is 11.8. The Kier molecular flexibility index (Phi) is 3.71. The number of nitrogens with two attached hydrogens (primary N) is 1. The second-order valence-electron chi connectivity index (χ2n) is 5.67. The van der Waals surface area contributed by atoms with Crippen LogP contribution in [0.4, 0.5) is 5.95 Å². The van der Waals surface area contributed by atoms with Crippen molar-refractivity contribution >= 4 is 11.8 Å². The molecule has 1 aliphatic heterocycles. The van der Waals surface area contributed by atoms with Crippen LogP contribution in [0.15, 0.2) is 17.4 Å². The predicted molar refractivity (Wildman–Crippen MR) is 76.9 cm³/mol. The van der Waals surface area contributed by atoms with Crippen LogP contribution in [0.25, 0.3) is 0 Å². The SMILES string of the molecule is N/C(=N/O)c1ccnc(N2CCCC2C2CCCC2)n1. The molecule has 0 radical (unpaired) electrons. The largest absolute Gasteiger partial charge is 0.409 e. The average molecular weight is 275 g/mol. The third-order valence-corrected chi connectivity index (χ3v) is 4.51. The van der Waals surface area contributed by atoms with Crippen LogP contribution in [0.2, 0.25) is 0 Å². The van der Waals surface area contributed by atoms with Crippen molar-refractivity contribution in [3.05, 3.63) is 18.0 Å². The zero-order chi connectivity index (χ0) is 13.9. The molecule has 0 bridgehead atoms. The van der Waals surface area contributed by atoms with E-state index < -0.39 is 0 Å². The molecule has 0 amide bonds. The highest BCUT2D eigenvalue weighted by Gasteiger charge is 2.34. The summed E-state index contributed by atoms with van der Waals surface area (Å²) in [6.07, 6.45) is 9.43. The Balaban J connectivity index is 1.84. The lowest BCUT2D eigenvalue weighted by Crippen LogP contribution is -2.36. The minimum Gasteiger partial charge on any atom is -0.409 e. The molecule has 2 fully saturated rings. The van der Waals surface area contributed by atoms with E-state index in [2.05, 4.69) is 20.0 Å². The number of rotatable bonds is 3. The molecule has 20 heavy (non-hydrogen) atoms. The summed E-state index contributed by atoms with van der Waals surface area (Å²) in [4.78, 5) is 11.1. The lowest BCUT2D eigenvalue weighted by Gasteiger charge is -2.29. The van der Waals surface area contributed by atoms with Gasteiger partial charge in [0.25, 0.3) is 0 Å². The molecule has 1 atom stereocenters. The maximum absolute atomic E-state index is 8.76. The van der Waals surface area contributed by atoms with E-state index in [9.17, 15) is 0 Å². The molecule has 1 aromatic heterocycles. The molecule has 108 valence electrons. The van der Waals surface area contributed by atoms with E-state index >= 15 is 0 Å². The number of amidine groups is 1. The van der Waals surface area contributed by atoms with E-state index in [0.29, 0.717) is 17.7 Å². The first-order valence-corrected chi connectivity index (χ1v) is 7.37. The van der Waals surface area contributed by atoms with Crippen LogP contribution < -0.4 is 10.6 Å². The fourth-order valence-corrected chi connectivity index (χ4v) is 3.55. The van der Waals surface area contributed by atoms with Crippen LogP contribution in [0, 0.1) is 5.92 Å². The van der Waals surface area contributed by atoms with E-state index in [1.165, 1.54) is 38.5 Å². The Morgan fingerprint density at radius 1 is 1.30 bits per heavy atom. The molecule has 2 aliphatic rings. The van der Waals surface area contributed by atoms with E-state index in [4.69, 9.17) is 10.9 Å². The van der Waals surface area contributed by atoms with Crippen LogP contribution >= 0.6 is 0 Å². The molecule has 6 nitrogen and oxygen atoms in total. The number of aromatic nitrogens is 2. The van der Waals surface area contributed by atoms with E-state index in [1.807, 2.05) is 0 Å². The van der Waals surface area contributed by atoms with Crippen LogP contribution in [0.1, 0.15) is 44.2 Å². The van der Waals surface area contributed by atoms with Crippen molar-refractivity contribution in [2.75, 3.05) is 11.4 Å². The number of nitrogens with zero attached hydrogens (tertiary/aromatic N) is 4. The number of anilines is 1. The summed E-state index contributed by atoms with van der Waals surface area (Å²) in [5.41, 5.74) is 6.09. The van der Waals surface area contributed by atoms with E-state index in [-0.39, 0.29) is 5.84 Å². The highest BCUT2D eigenvalue weighted by Crippen LogP contribution is 2.36. The monoisotopic (exact) mass is 275 g/mol. The van der Waals surface area contributed by atoms with Gasteiger partial charge in [-0.25, -0.2) is 9.97 Å². The molecule has 1 aromatic rings. The normalized spacial score (nSPS) is 24.5. The Hall–Kier alpha value is -1.85. The van der Waals surface area contributed by atoms with Crippen LogP contribution in [-0.2, 0) is 0 Å². The molecule has 3 rings (SSSR count). The summed E-state index contributed by atoms with van der Waals surface area (Å²) in [6, 6.07) is 2.22. The summed E-state index contributed by atoms with van der Waals surface area (Å²) in [6.45, 7) is 1.00. The smallest absolute Gasteiger partial charge is 0.226 e. The second-order valence-corrected chi connectivity index (χ2v) is 5.67. The quantitative estimate of drug-likeness (QED) is 0.379. The summed E-state index contributed by atoms with van der Waals surface area (Å²) in [7, 11) is 0. The van der Waals surface area contributed by atoms with Gasteiger partial charge in [0.15, 0.2) is 5.84 Å². The molecular formula is C14H21N5O. The van der Waals surface area contributed by atoms with Crippen molar-refractivity contribution in [3.8, 4) is 0 Å². The van der Waals surface area contributed by atoms with Gasteiger partial charge in [0, 0.05) is 18.8 Å². The minimum absolute atomic E-state index is 0.0327. The van der Waals surface area contributed by atoms with Gasteiger partial charge in [-0.1, -0.05) is 18.0 Å². The highest BCUT2D eigenvalue weighted by atomic mass is 16.4. The zero-order valence-electron chi connectivity index (χ0n) is 11.6. The number of hydrogen-bond acceptors (Lipinski definition) is 5. The summed E-state index contributed by atoms with van der Waals surface area (Å²) in [5.74, 6) is 1.52. The van der Waals surface area contributed by atoms with Crippen molar-refractivity contribution in [1.29, 1.82) is 0 Å². The molecule has 1 saturated carbocycles. The third-order valence-electron chi connectivity index (χ3n) is 4.51. The van der Waals surface area contributed by atoms with Crippen molar-refractivity contribution < 1.29 is 5.21 Å². The molecule has 2 heterocycles. The van der Waals surface area contributed by atoms with Gasteiger partial charge in [-0.05, 0) is 37.7 Å². The van der Waals surface area contributed by atoms with Crippen molar-refractivity contribution in [2.24, 2.45) is 16.8 Å². The summed E-state index contributed by atoms with van der Waals surface area (Å²) < 4.78 is 0. The zero-order valence-corrected chi connectivity index (χ0v) is 11.6. The van der Waals surface area contributed by atoms with Gasteiger partial charge in [-0.2, -0.15) is 0 Å². The van der Waals surface area contributed by atoms with Crippen LogP contribution in [-0.4, -0.2) is 33.6 Å². The summed E-state index contributed by atoms with van der Waals surface area (Å²) >= 11 is 0. The van der Waals surface area contributed by atoms with Crippen molar-refractivity contribution in [2.45, 2.75) is 44.6 Å². The average Bonchev–Trinajstić information content (AvgIpc) is 3.16. The van der Waals surface area contributed by atoms with Gasteiger partial charge in [0.05, 0.1) is 0 Å². The highest BCUT2D eigenvalue weighted by molar-refractivity contribution is 5.95. The molecule has 1 saturated heterocycles. The first-order valence-electron chi connectivity index (χ1n) is 7.37. The molecule has 0 spiro atoms. The first-order chi connectivity index (χ1) is 9.79. The van der Waals surface area contributed by atoms with E-state index in [0.717, 1.165) is 12.5 Å². The first kappa shape index (κ1) is 13.1.